The molecule has 0 radical (unpaired) electrons. The van der Waals surface area contributed by atoms with Gasteiger partial charge in [-0.1, -0.05) is 35.5 Å². The van der Waals surface area contributed by atoms with Crippen molar-refractivity contribution in [2.75, 3.05) is 13.1 Å². The number of nitrogens with zero attached hydrogens (tertiary/aromatic N) is 4. The van der Waals surface area contributed by atoms with Crippen LogP contribution in [0.2, 0.25) is 0 Å². The summed E-state index contributed by atoms with van der Waals surface area (Å²) in [5.74, 6) is 1.01. The van der Waals surface area contributed by atoms with E-state index in [0.29, 0.717) is 50.4 Å². The van der Waals surface area contributed by atoms with Crippen molar-refractivity contribution < 1.29 is 14.1 Å². The van der Waals surface area contributed by atoms with Crippen LogP contribution in [0.25, 0.3) is 11.4 Å². The topological polar surface area (TPSA) is 107 Å². The summed E-state index contributed by atoms with van der Waals surface area (Å²) in [5, 5.41) is 3.95. The number of primary amides is 1. The van der Waals surface area contributed by atoms with E-state index in [0.717, 1.165) is 28.3 Å². The third kappa shape index (κ3) is 3.72. The fourth-order valence-electron chi connectivity index (χ4n) is 4.06. The zero-order valence-electron chi connectivity index (χ0n) is 17.2. The van der Waals surface area contributed by atoms with Gasteiger partial charge in [0.2, 0.25) is 5.91 Å². The van der Waals surface area contributed by atoms with Crippen LogP contribution in [-0.4, -0.2) is 44.5 Å². The zero-order chi connectivity index (χ0) is 21.3. The molecule has 4 rings (SSSR count). The Balaban J connectivity index is 1.53. The predicted molar refractivity (Wildman–Crippen MR) is 111 cm³/mol. The number of rotatable bonds is 5. The highest BCUT2D eigenvalue weighted by atomic mass is 16.5. The quantitative estimate of drug-likeness (QED) is 0.698. The molecular formula is C22H25N5O3. The maximum Gasteiger partial charge on any atom is 0.269 e. The van der Waals surface area contributed by atoms with Crippen LogP contribution in [0.5, 0.6) is 0 Å². The van der Waals surface area contributed by atoms with Crippen molar-refractivity contribution in [2.45, 2.75) is 39.7 Å². The Labute approximate surface area is 174 Å². The molecule has 8 nitrogen and oxygen atoms in total. The van der Waals surface area contributed by atoms with Gasteiger partial charge in [0.1, 0.15) is 17.3 Å². The van der Waals surface area contributed by atoms with E-state index in [9.17, 15) is 9.59 Å². The van der Waals surface area contributed by atoms with E-state index in [1.165, 1.54) is 0 Å². The number of aromatic nitrogens is 3. The van der Waals surface area contributed by atoms with Gasteiger partial charge in [-0.05, 0) is 20.3 Å². The summed E-state index contributed by atoms with van der Waals surface area (Å²) < 4.78 is 7.21. The molecule has 0 atom stereocenters. The molecule has 1 aromatic carbocycles. The average molecular weight is 407 g/mol. The molecule has 3 aromatic rings. The second-order valence-corrected chi connectivity index (χ2v) is 7.55. The first-order valence-electron chi connectivity index (χ1n) is 10.1. The summed E-state index contributed by atoms with van der Waals surface area (Å²) in [5.41, 5.74) is 9.43. The van der Waals surface area contributed by atoms with Crippen molar-refractivity contribution in [3.63, 3.8) is 0 Å². The highest BCUT2D eigenvalue weighted by Crippen LogP contribution is 2.25. The van der Waals surface area contributed by atoms with Gasteiger partial charge < -0.3 is 19.7 Å². The summed E-state index contributed by atoms with van der Waals surface area (Å²) in [6.45, 7) is 5.40. The first-order valence-corrected chi connectivity index (χ1v) is 10.1. The molecule has 8 heteroatoms. The number of aryl methyl sites for hydroxylation is 2. The average Bonchev–Trinajstić information content (AvgIpc) is 3.18. The molecule has 0 saturated heterocycles. The van der Waals surface area contributed by atoms with Crippen LogP contribution in [0.3, 0.4) is 0 Å². The van der Waals surface area contributed by atoms with E-state index < -0.39 is 5.91 Å². The zero-order valence-corrected chi connectivity index (χ0v) is 17.2. The summed E-state index contributed by atoms with van der Waals surface area (Å²) >= 11 is 0. The Bertz CT molecular complexity index is 1060. The lowest BCUT2D eigenvalue weighted by molar-refractivity contribution is -0.131. The van der Waals surface area contributed by atoms with E-state index in [4.69, 9.17) is 10.3 Å². The molecule has 1 aliphatic heterocycles. The third-order valence-electron chi connectivity index (χ3n) is 5.67. The number of imidazole rings is 1. The van der Waals surface area contributed by atoms with Crippen molar-refractivity contribution in [1.82, 2.24) is 19.6 Å². The van der Waals surface area contributed by atoms with Crippen LogP contribution >= 0.6 is 0 Å². The highest BCUT2D eigenvalue weighted by molar-refractivity contribution is 5.93. The maximum atomic E-state index is 12.9. The predicted octanol–water partition coefficient (Wildman–Crippen LogP) is 2.27. The number of amides is 2. The fourth-order valence-corrected chi connectivity index (χ4v) is 4.06. The molecular weight excluding hydrogens is 382 g/mol. The molecule has 3 heterocycles. The molecule has 2 aromatic heterocycles. The van der Waals surface area contributed by atoms with Gasteiger partial charge in [-0.2, -0.15) is 0 Å². The van der Waals surface area contributed by atoms with E-state index in [1.807, 2.05) is 53.6 Å². The van der Waals surface area contributed by atoms with Gasteiger partial charge in [0.15, 0.2) is 0 Å². The van der Waals surface area contributed by atoms with Gasteiger partial charge in [-0.25, -0.2) is 4.98 Å². The molecule has 2 amide bonds. The number of fused-ring (bicyclic) bond motifs is 1. The molecule has 0 bridgehead atoms. The number of benzene rings is 1. The Kier molecular flexibility index (Phi) is 5.39. The molecule has 2 N–H and O–H groups in total. The number of hydrogen-bond donors (Lipinski definition) is 1. The van der Waals surface area contributed by atoms with Gasteiger partial charge in [-0.15, -0.1) is 0 Å². The smallest absolute Gasteiger partial charge is 0.269 e. The van der Waals surface area contributed by atoms with Crippen molar-refractivity contribution in [3.05, 3.63) is 58.7 Å². The molecule has 0 saturated carbocycles. The highest BCUT2D eigenvalue weighted by Gasteiger charge is 2.26. The monoisotopic (exact) mass is 407 g/mol. The normalized spacial score (nSPS) is 13.7. The number of carbonyl (C=O) groups is 2. The van der Waals surface area contributed by atoms with Crippen molar-refractivity contribution in [2.24, 2.45) is 5.73 Å². The maximum absolute atomic E-state index is 12.9. The van der Waals surface area contributed by atoms with E-state index in [-0.39, 0.29) is 5.91 Å². The van der Waals surface area contributed by atoms with Crippen molar-refractivity contribution >= 4 is 11.8 Å². The van der Waals surface area contributed by atoms with Crippen LogP contribution in [0, 0.1) is 13.8 Å². The Morgan fingerprint density at radius 2 is 1.90 bits per heavy atom. The minimum Gasteiger partial charge on any atom is -0.364 e. The number of carbonyl (C=O) groups excluding carboxylic acids is 2. The number of nitrogens with two attached hydrogens (primary N) is 1. The largest absolute Gasteiger partial charge is 0.364 e. The minimum atomic E-state index is -0.542. The second kappa shape index (κ2) is 8.14. The van der Waals surface area contributed by atoms with Gasteiger partial charge in [-0.3, -0.25) is 9.59 Å². The molecule has 30 heavy (non-hydrogen) atoms. The fraction of sp³-hybridized carbons (Fsp3) is 0.364. The van der Waals surface area contributed by atoms with Crippen LogP contribution in [0.4, 0.5) is 0 Å². The lowest BCUT2D eigenvalue weighted by Crippen LogP contribution is -2.34. The lowest BCUT2D eigenvalue weighted by atomic mass is 10.1. The second-order valence-electron chi connectivity index (χ2n) is 7.55. The summed E-state index contributed by atoms with van der Waals surface area (Å²) in [6, 6.07) is 9.71. The van der Waals surface area contributed by atoms with Crippen LogP contribution < -0.4 is 5.73 Å². The Morgan fingerprint density at radius 1 is 1.13 bits per heavy atom. The Morgan fingerprint density at radius 3 is 2.57 bits per heavy atom. The van der Waals surface area contributed by atoms with Crippen LogP contribution in [0.15, 0.2) is 34.9 Å². The standard InChI is InChI=1S/C22H25N5O3/c1-14-17(15(2)30-25-14)8-9-19(28)26-11-10-18-20(21(23)29)24-22(27(18)13-12-26)16-6-4-3-5-7-16/h3-7H,8-13H2,1-2H3,(H2,23,29). The minimum absolute atomic E-state index is 0.0793. The van der Waals surface area contributed by atoms with Crippen LogP contribution in [-0.2, 0) is 24.2 Å². The van der Waals surface area contributed by atoms with Gasteiger partial charge in [0.05, 0.1) is 11.4 Å². The molecule has 0 unspecified atom stereocenters. The first kappa shape index (κ1) is 19.9. The summed E-state index contributed by atoms with van der Waals surface area (Å²) in [4.78, 5) is 31.2. The van der Waals surface area contributed by atoms with Crippen molar-refractivity contribution in [3.8, 4) is 11.4 Å². The number of hydrogen-bond acceptors (Lipinski definition) is 5. The van der Waals surface area contributed by atoms with Gasteiger partial charge in [0.25, 0.3) is 5.91 Å². The van der Waals surface area contributed by atoms with Gasteiger partial charge >= 0.3 is 0 Å². The van der Waals surface area contributed by atoms with Gasteiger partial charge in [0, 0.05) is 43.6 Å². The third-order valence-corrected chi connectivity index (χ3v) is 5.67. The first-order chi connectivity index (χ1) is 14.5. The van der Waals surface area contributed by atoms with E-state index in [1.54, 1.807) is 0 Å². The molecule has 0 spiro atoms. The lowest BCUT2D eigenvalue weighted by Gasteiger charge is -2.20. The molecule has 1 aliphatic rings. The summed E-state index contributed by atoms with van der Waals surface area (Å²) in [7, 11) is 0. The van der Waals surface area contributed by atoms with E-state index in [2.05, 4.69) is 10.1 Å². The molecule has 156 valence electrons. The van der Waals surface area contributed by atoms with E-state index >= 15 is 0 Å². The van der Waals surface area contributed by atoms with Crippen LogP contribution in [0.1, 0.15) is 39.6 Å². The molecule has 0 fully saturated rings. The molecule has 0 aliphatic carbocycles. The SMILES string of the molecule is Cc1noc(C)c1CCC(=O)N1CCc2c(C(N)=O)nc(-c3ccccc3)n2CC1. The van der Waals surface area contributed by atoms with Crippen molar-refractivity contribution in [1.29, 1.82) is 0 Å². The Hall–Kier alpha value is -3.42. The summed E-state index contributed by atoms with van der Waals surface area (Å²) in [6.07, 6.45) is 1.53.